The summed E-state index contributed by atoms with van der Waals surface area (Å²) in [6, 6.07) is 0. The Morgan fingerprint density at radius 1 is 1.35 bits per heavy atom. The molecule has 2 aliphatic rings. The van der Waals surface area contributed by atoms with Crippen LogP contribution in [0.15, 0.2) is 11.6 Å². The Hall–Kier alpha value is -1.32. The average Bonchev–Trinajstić information content (AvgIpc) is 2.55. The molecule has 5 atom stereocenters. The molecule has 0 unspecified atom stereocenters. The van der Waals surface area contributed by atoms with E-state index in [1.54, 1.807) is 0 Å². The predicted molar refractivity (Wildman–Crippen MR) is 103 cm³/mol. The molecule has 0 spiro atoms. The van der Waals surface area contributed by atoms with Crippen LogP contribution in [0.3, 0.4) is 0 Å². The maximum Gasteiger partial charge on any atom is 0.303 e. The lowest BCUT2D eigenvalue weighted by molar-refractivity contribution is -0.141. The van der Waals surface area contributed by atoms with Crippen LogP contribution in [0.25, 0.3) is 0 Å². The molecule has 148 valence electrons. The Labute approximate surface area is 158 Å². The molecule has 1 N–H and O–H groups in total. The van der Waals surface area contributed by atoms with Gasteiger partial charge in [-0.2, -0.15) is 0 Å². The third-order valence-corrected chi connectivity index (χ3v) is 7.50. The topological polar surface area (TPSA) is 63.6 Å². The second kappa shape index (κ2) is 8.14. The van der Waals surface area contributed by atoms with Crippen molar-refractivity contribution in [2.24, 2.45) is 28.6 Å². The Kier molecular flexibility index (Phi) is 6.57. The smallest absolute Gasteiger partial charge is 0.303 e. The number of aliphatic carboxylic acids is 1. The van der Waals surface area contributed by atoms with Gasteiger partial charge >= 0.3 is 11.9 Å². The van der Waals surface area contributed by atoms with Crippen LogP contribution in [-0.4, -0.2) is 23.7 Å². The summed E-state index contributed by atoms with van der Waals surface area (Å²) in [7, 11) is 0. The number of carboxylic acids is 1. The third kappa shape index (κ3) is 4.32. The highest BCUT2D eigenvalue weighted by atomic mass is 16.5. The molecule has 2 aliphatic carbocycles. The van der Waals surface area contributed by atoms with Crippen molar-refractivity contribution in [3.63, 3.8) is 0 Å². The van der Waals surface area contributed by atoms with Crippen molar-refractivity contribution < 1.29 is 19.4 Å². The fraction of sp³-hybridized carbons (Fsp3) is 0.818. The van der Waals surface area contributed by atoms with E-state index in [2.05, 4.69) is 33.8 Å². The zero-order chi connectivity index (χ0) is 19.5. The van der Waals surface area contributed by atoms with E-state index in [1.807, 2.05) is 0 Å². The van der Waals surface area contributed by atoms with E-state index in [0.29, 0.717) is 18.4 Å². The Bertz CT molecular complexity index is 566. The largest absolute Gasteiger partial charge is 0.481 e. The van der Waals surface area contributed by atoms with E-state index in [1.165, 1.54) is 25.3 Å². The molecule has 1 saturated carbocycles. The molecule has 0 radical (unpaired) electrons. The molecule has 0 amide bonds. The van der Waals surface area contributed by atoms with E-state index in [4.69, 9.17) is 9.84 Å². The van der Waals surface area contributed by atoms with Gasteiger partial charge in [0, 0.05) is 13.3 Å². The van der Waals surface area contributed by atoms with Gasteiger partial charge in [0.05, 0.1) is 0 Å². The summed E-state index contributed by atoms with van der Waals surface area (Å²) in [4.78, 5) is 22.3. The van der Waals surface area contributed by atoms with Crippen molar-refractivity contribution in [1.82, 2.24) is 0 Å². The SMILES string of the molecule is CC(=O)OCC1=CCC[C@H]2[C@@](C)(CC[C@@H](C)CC(=O)O)[C@H](C)CC[C@@]12C. The Morgan fingerprint density at radius 2 is 2.04 bits per heavy atom. The van der Waals surface area contributed by atoms with Gasteiger partial charge in [-0.05, 0) is 72.7 Å². The molecule has 0 aliphatic heterocycles. The van der Waals surface area contributed by atoms with Crippen LogP contribution in [0.5, 0.6) is 0 Å². The minimum Gasteiger partial charge on any atom is -0.481 e. The summed E-state index contributed by atoms with van der Waals surface area (Å²) >= 11 is 0. The number of carbonyl (C=O) groups excluding carboxylic acids is 1. The van der Waals surface area contributed by atoms with Gasteiger partial charge in [0.25, 0.3) is 0 Å². The first-order valence-electron chi connectivity index (χ1n) is 10.1. The number of esters is 1. The van der Waals surface area contributed by atoms with Crippen LogP contribution in [-0.2, 0) is 14.3 Å². The van der Waals surface area contributed by atoms with Gasteiger partial charge < -0.3 is 9.84 Å². The highest BCUT2D eigenvalue weighted by Crippen LogP contribution is 2.62. The van der Waals surface area contributed by atoms with E-state index in [0.717, 1.165) is 25.7 Å². The van der Waals surface area contributed by atoms with Crippen LogP contribution in [0.1, 0.15) is 79.6 Å². The fourth-order valence-electron chi connectivity index (χ4n) is 5.56. The molecule has 0 bridgehead atoms. The van der Waals surface area contributed by atoms with Crippen molar-refractivity contribution in [3.05, 3.63) is 11.6 Å². The number of rotatable bonds is 7. The monoisotopic (exact) mass is 364 g/mol. The quantitative estimate of drug-likeness (QED) is 0.497. The predicted octanol–water partition coefficient (Wildman–Crippen LogP) is 5.22. The minimum absolute atomic E-state index is 0.0883. The number of ether oxygens (including phenoxy) is 1. The molecular weight excluding hydrogens is 328 g/mol. The third-order valence-electron chi connectivity index (χ3n) is 7.50. The molecule has 4 heteroatoms. The molecule has 0 saturated heterocycles. The number of fused-ring (bicyclic) bond motifs is 1. The van der Waals surface area contributed by atoms with E-state index in [9.17, 15) is 9.59 Å². The van der Waals surface area contributed by atoms with Crippen molar-refractivity contribution in [1.29, 1.82) is 0 Å². The highest BCUT2D eigenvalue weighted by molar-refractivity contribution is 5.67. The molecule has 0 heterocycles. The summed E-state index contributed by atoms with van der Waals surface area (Å²) < 4.78 is 5.36. The molecule has 4 nitrogen and oxygen atoms in total. The summed E-state index contributed by atoms with van der Waals surface area (Å²) in [5, 5.41) is 9.06. The van der Waals surface area contributed by atoms with Crippen LogP contribution >= 0.6 is 0 Å². The van der Waals surface area contributed by atoms with Gasteiger partial charge in [0.2, 0.25) is 0 Å². The van der Waals surface area contributed by atoms with Gasteiger partial charge in [0.1, 0.15) is 6.61 Å². The van der Waals surface area contributed by atoms with Crippen LogP contribution in [0.4, 0.5) is 0 Å². The molecule has 2 rings (SSSR count). The highest BCUT2D eigenvalue weighted by Gasteiger charge is 2.53. The average molecular weight is 365 g/mol. The lowest BCUT2D eigenvalue weighted by atomic mass is 9.46. The van der Waals surface area contributed by atoms with Crippen molar-refractivity contribution >= 4 is 11.9 Å². The molecule has 1 fully saturated rings. The van der Waals surface area contributed by atoms with Crippen molar-refractivity contribution in [2.75, 3.05) is 6.61 Å². The summed E-state index contributed by atoms with van der Waals surface area (Å²) in [5.74, 6) is 0.487. The number of allylic oxidation sites excluding steroid dienone is 1. The van der Waals surface area contributed by atoms with Gasteiger partial charge in [-0.25, -0.2) is 0 Å². The van der Waals surface area contributed by atoms with E-state index < -0.39 is 5.97 Å². The molecule has 0 aromatic carbocycles. The van der Waals surface area contributed by atoms with Gasteiger partial charge in [-0.15, -0.1) is 0 Å². The molecule has 26 heavy (non-hydrogen) atoms. The normalized spacial score (nSPS) is 35.2. The molecule has 0 aromatic rings. The lowest BCUT2D eigenvalue weighted by Crippen LogP contribution is -2.50. The first-order chi connectivity index (χ1) is 12.1. The van der Waals surface area contributed by atoms with Gasteiger partial charge in [-0.3, -0.25) is 9.59 Å². The van der Waals surface area contributed by atoms with Crippen LogP contribution in [0, 0.1) is 28.6 Å². The molecular formula is C22H36O4. The standard InChI is InChI=1S/C22H36O4/c1-15(13-20(24)25)9-11-21(4)16(2)10-12-22(5)18(14-26-17(3)23)7-6-8-19(21)22/h7,15-16,19H,6,8-14H2,1-5H3,(H,24,25)/t15-,16-,19+,21+,22+/m1/s1. The van der Waals surface area contributed by atoms with Gasteiger partial charge in [-0.1, -0.05) is 33.8 Å². The number of carbonyl (C=O) groups is 2. The lowest BCUT2D eigenvalue weighted by Gasteiger charge is -2.58. The number of hydrogen-bond donors (Lipinski definition) is 1. The maximum absolute atomic E-state index is 11.3. The van der Waals surface area contributed by atoms with Crippen LogP contribution < -0.4 is 0 Å². The van der Waals surface area contributed by atoms with Gasteiger partial charge in [0.15, 0.2) is 0 Å². The zero-order valence-corrected chi connectivity index (χ0v) is 17.1. The van der Waals surface area contributed by atoms with E-state index in [-0.39, 0.29) is 29.1 Å². The fourth-order valence-corrected chi connectivity index (χ4v) is 5.56. The van der Waals surface area contributed by atoms with Crippen molar-refractivity contribution in [2.45, 2.75) is 79.6 Å². The Balaban J connectivity index is 2.18. The van der Waals surface area contributed by atoms with Crippen LogP contribution in [0.2, 0.25) is 0 Å². The second-order valence-corrected chi connectivity index (χ2v) is 9.24. The first-order valence-corrected chi connectivity index (χ1v) is 10.1. The maximum atomic E-state index is 11.3. The summed E-state index contributed by atoms with van der Waals surface area (Å²) in [6.07, 6.45) is 9.12. The minimum atomic E-state index is -0.701. The number of hydrogen-bond acceptors (Lipinski definition) is 3. The number of carboxylic acid groups (broad SMARTS) is 1. The summed E-state index contributed by atoms with van der Waals surface area (Å²) in [5.41, 5.74) is 1.58. The zero-order valence-electron chi connectivity index (χ0n) is 17.1. The van der Waals surface area contributed by atoms with E-state index >= 15 is 0 Å². The molecule has 0 aromatic heterocycles. The Morgan fingerprint density at radius 3 is 2.65 bits per heavy atom. The first kappa shape index (κ1) is 21.0. The summed E-state index contributed by atoms with van der Waals surface area (Å²) in [6.45, 7) is 11.1. The van der Waals surface area contributed by atoms with Crippen molar-refractivity contribution in [3.8, 4) is 0 Å². The second-order valence-electron chi connectivity index (χ2n) is 9.24.